The fourth-order valence-electron chi connectivity index (χ4n) is 2.43. The van der Waals surface area contributed by atoms with Crippen LogP contribution in [0.25, 0.3) is 10.2 Å². The molecule has 3 rings (SSSR count). The van der Waals surface area contributed by atoms with Gasteiger partial charge >= 0.3 is 51.4 Å². The number of hydrogen-bond donors (Lipinski definition) is 1. The number of nitrogens with one attached hydrogen (secondary N) is 1. The van der Waals surface area contributed by atoms with E-state index in [4.69, 9.17) is 20.6 Å². The fraction of sp³-hybridized carbons (Fsp3) is 0.579. The first-order valence-electron chi connectivity index (χ1n) is 15.1. The van der Waals surface area contributed by atoms with Crippen LogP contribution in [0.5, 0.6) is 5.75 Å². The molecule has 6 nitrogen and oxygen atoms in total. The van der Waals surface area contributed by atoms with Crippen molar-refractivity contribution in [3.8, 4) is 5.75 Å². The summed E-state index contributed by atoms with van der Waals surface area (Å²) < 4.78 is 120. The van der Waals surface area contributed by atoms with Crippen LogP contribution >= 0.6 is 11.3 Å². The van der Waals surface area contributed by atoms with Crippen molar-refractivity contribution in [2.24, 2.45) is 0 Å². The number of hydrogen-bond acceptors (Lipinski definition) is 5. The topological polar surface area (TPSA) is 77.4 Å². The van der Waals surface area contributed by atoms with E-state index in [1.54, 1.807) is 0 Å². The number of amides is 1. The molecule has 1 saturated heterocycles. The third-order valence-corrected chi connectivity index (χ3v) is 4.49. The zero-order chi connectivity index (χ0) is 31.9. The maximum atomic E-state index is 13.3. The standard InChI is InChI=1S/C19H27N3O3S.K/c1-13(2)22-18(25)15(16(23)14-7-12-26-19(14)22)17(24)20-8-6-11-21-9-4-3-5-10-21;/h7,12-13,23H,3-6,8-11H2,1-2H3,(H,20,24);/q;+1/p-1/i1D3,3D2,4D2,5D2,9D2,10D2,13D;/hD. The monoisotopic (exact) mass is 430 g/mol. The predicted molar refractivity (Wildman–Crippen MR) is 103 cm³/mol. The van der Waals surface area contributed by atoms with Gasteiger partial charge in [-0.05, 0) is 63.9 Å². The predicted octanol–water partition coefficient (Wildman–Crippen LogP) is -0.673. The van der Waals surface area contributed by atoms with E-state index in [0.29, 0.717) is 4.57 Å². The van der Waals surface area contributed by atoms with Gasteiger partial charge in [-0.25, -0.2) is 0 Å². The maximum absolute atomic E-state index is 13.3. The molecule has 0 aromatic carbocycles. The molecule has 1 N–H and O–H groups in total. The number of piperidine rings is 1. The number of carbonyl (C=O) groups is 1. The summed E-state index contributed by atoms with van der Waals surface area (Å²) >= 11 is 0.799. The molecule has 1 aliphatic rings. The van der Waals surface area contributed by atoms with Crippen LogP contribution in [0.2, 0.25) is 1.41 Å². The van der Waals surface area contributed by atoms with Gasteiger partial charge in [0, 0.05) is 35.8 Å². The minimum Gasteiger partial charge on any atom is -0.871 e. The summed E-state index contributed by atoms with van der Waals surface area (Å²) in [6.07, 6.45) is -11.2. The number of likely N-dealkylation sites (tertiary alicyclic amines) is 1. The number of nitrogens with zero attached hydrogens (tertiary/aromatic N) is 2. The van der Waals surface area contributed by atoms with Crippen molar-refractivity contribution in [2.45, 2.75) is 45.3 Å². The van der Waals surface area contributed by atoms with Crippen LogP contribution in [0.15, 0.2) is 16.2 Å². The van der Waals surface area contributed by atoms with Crippen molar-refractivity contribution >= 4 is 27.5 Å². The van der Waals surface area contributed by atoms with E-state index in [0.717, 1.165) is 18.3 Å². The summed E-state index contributed by atoms with van der Waals surface area (Å²) in [4.78, 5) is 26.3. The number of rotatable bonds is 6. The first-order chi connectivity index (χ1) is 18.2. The summed E-state index contributed by atoms with van der Waals surface area (Å²) in [6.45, 7) is -10.5. The second-order valence-corrected chi connectivity index (χ2v) is 6.25. The van der Waals surface area contributed by atoms with Gasteiger partial charge in [-0.2, -0.15) is 0 Å². The Balaban J connectivity index is 0.00000616. The van der Waals surface area contributed by atoms with Crippen molar-refractivity contribution in [3.05, 3.63) is 27.4 Å². The summed E-state index contributed by atoms with van der Waals surface area (Å²) in [7, 11) is 0. The molecule has 8 heteroatoms. The molecule has 2 aromatic heterocycles. The molecule has 0 radical (unpaired) electrons. The van der Waals surface area contributed by atoms with E-state index in [1.807, 2.05) is 0 Å². The Morgan fingerprint density at radius 1 is 1.52 bits per heavy atom. The van der Waals surface area contributed by atoms with Crippen LogP contribution in [-0.2, 0) is 0 Å². The van der Waals surface area contributed by atoms with Crippen molar-refractivity contribution in [3.63, 3.8) is 0 Å². The van der Waals surface area contributed by atoms with Gasteiger partial charge in [0.25, 0.3) is 11.5 Å². The quantitative estimate of drug-likeness (QED) is 0.617. The minimum atomic E-state index is -3.60. The normalized spacial score (nSPS) is 35.2. The molecule has 0 spiro atoms. The van der Waals surface area contributed by atoms with Gasteiger partial charge in [-0.1, -0.05) is 12.1 Å². The Hall–Kier alpha value is -0.224. The third-order valence-electron chi connectivity index (χ3n) is 3.59. The van der Waals surface area contributed by atoms with Crippen LogP contribution in [0.4, 0.5) is 0 Å². The van der Waals surface area contributed by atoms with Gasteiger partial charge in [-0.15, -0.1) is 11.3 Å². The van der Waals surface area contributed by atoms with Crippen LogP contribution in [0.3, 0.4) is 0 Å². The molecule has 1 unspecified atom stereocenters. The Labute approximate surface area is 227 Å². The Morgan fingerprint density at radius 2 is 2.26 bits per heavy atom. The third kappa shape index (κ3) is 5.23. The molecule has 142 valence electrons. The smallest absolute Gasteiger partial charge is 0.871 e. The SMILES string of the molecule is [2H]N(CCCN1C([2H])([2H])C([2H])([2H])C([2H])([2H])C([2H])([2H])C1([2H])[2H])C(=O)c1c([O-])c2ccsc2n(C([2H])(C)C([2H])([2H])[2H])c1=O.[K+]. The number of pyridine rings is 1. The first kappa shape index (κ1) is 9.72. The maximum Gasteiger partial charge on any atom is 1.00 e. The summed E-state index contributed by atoms with van der Waals surface area (Å²) in [5.74, 6) is -2.60. The number of fused-ring (bicyclic) bond motifs is 1. The van der Waals surface area contributed by atoms with Gasteiger partial charge in [-0.3, -0.25) is 14.2 Å². The Bertz CT molecular complexity index is 1390. The molecule has 3 heterocycles. The molecule has 1 fully saturated rings. The van der Waals surface area contributed by atoms with Gasteiger partial charge < -0.3 is 15.3 Å². The van der Waals surface area contributed by atoms with E-state index in [-0.39, 0.29) is 71.8 Å². The molecule has 0 bridgehead atoms. The minimum absolute atomic E-state index is 0. The van der Waals surface area contributed by atoms with Crippen molar-refractivity contribution in [1.29, 1.82) is 0 Å². The van der Waals surface area contributed by atoms with E-state index in [2.05, 4.69) is 0 Å². The molecule has 2 aromatic rings. The van der Waals surface area contributed by atoms with Gasteiger partial charge in [0.2, 0.25) is 0 Å². The molecule has 1 atom stereocenters. The largest absolute Gasteiger partial charge is 1.00 e. The summed E-state index contributed by atoms with van der Waals surface area (Å²) in [6, 6.07) is -1.39. The number of carbonyl (C=O) groups excluding carboxylic acids is 1. The Kier molecular flexibility index (Phi) is 3.79. The number of thiophene rings is 1. The Morgan fingerprint density at radius 3 is 2.96 bits per heavy atom. The first-order valence-corrected chi connectivity index (χ1v) is 8.53. The van der Waals surface area contributed by atoms with Gasteiger partial charge in [0.15, 0.2) is 1.41 Å². The molecular weight excluding hydrogens is 389 g/mol. The van der Waals surface area contributed by atoms with Crippen LogP contribution in [-0.4, -0.2) is 41.5 Å². The van der Waals surface area contributed by atoms with E-state index in [1.165, 1.54) is 11.4 Å². The van der Waals surface area contributed by atoms with Crippen LogP contribution in [0, 0.1) is 0 Å². The number of aromatic nitrogens is 1. The zero-order valence-electron chi connectivity index (χ0n) is 29.8. The van der Waals surface area contributed by atoms with Crippen LogP contribution < -0.4 is 67.4 Å². The fourth-order valence-corrected chi connectivity index (χ4v) is 3.37. The molecular formula is C19H26KN3O3S. The average molecular weight is 431 g/mol. The second-order valence-electron chi connectivity index (χ2n) is 5.36. The molecule has 1 amide bonds. The van der Waals surface area contributed by atoms with E-state index >= 15 is 0 Å². The van der Waals surface area contributed by atoms with Gasteiger partial charge in [0.05, 0.1) is 6.93 Å². The molecule has 27 heavy (non-hydrogen) atoms. The summed E-state index contributed by atoms with van der Waals surface area (Å²) in [5, 5.41) is 14.2. The zero-order valence-corrected chi connectivity index (χ0v) is 18.7. The van der Waals surface area contributed by atoms with Crippen molar-refractivity contribution in [2.75, 3.05) is 26.1 Å². The van der Waals surface area contributed by atoms with Crippen molar-refractivity contribution in [1.82, 2.24) is 14.8 Å². The average Bonchev–Trinajstić information content (AvgIpc) is 3.28. The van der Waals surface area contributed by atoms with Gasteiger partial charge in [0.1, 0.15) is 4.83 Å². The second kappa shape index (κ2) is 10.5. The molecule has 1 aliphatic heterocycles. The molecule has 0 saturated carbocycles. The van der Waals surface area contributed by atoms with E-state index in [9.17, 15) is 14.7 Å². The van der Waals surface area contributed by atoms with Crippen LogP contribution in [0.1, 0.15) is 74.9 Å². The van der Waals surface area contributed by atoms with Crippen molar-refractivity contribution < 1.29 is 81.9 Å². The molecule has 0 aliphatic carbocycles. The van der Waals surface area contributed by atoms with E-state index < -0.39 is 87.3 Å². The summed E-state index contributed by atoms with van der Waals surface area (Å²) in [5.41, 5.74) is -2.55.